The molecule has 4 rings (SSSR count). The van der Waals surface area contributed by atoms with E-state index < -0.39 is 58.5 Å². The van der Waals surface area contributed by atoms with E-state index in [1.807, 2.05) is 11.8 Å². The van der Waals surface area contributed by atoms with Crippen molar-refractivity contribution in [1.29, 1.82) is 0 Å². The number of fused-ring (bicyclic) bond motifs is 1. The Labute approximate surface area is 368 Å². The number of nitrogens with zero attached hydrogens (tertiary/aromatic N) is 4. The molecule has 1 aromatic rings. The summed E-state index contributed by atoms with van der Waals surface area (Å²) in [6, 6.07) is 1.41. The van der Waals surface area contributed by atoms with Crippen LogP contribution in [0.15, 0.2) is 17.1 Å². The van der Waals surface area contributed by atoms with Crippen LogP contribution in [0.5, 0.6) is 0 Å². The maximum absolute atomic E-state index is 12.2. The summed E-state index contributed by atoms with van der Waals surface area (Å²) in [5.41, 5.74) is 4.51. The van der Waals surface area contributed by atoms with Crippen molar-refractivity contribution >= 4 is 51.1 Å². The van der Waals surface area contributed by atoms with E-state index in [9.17, 15) is 48.3 Å². The van der Waals surface area contributed by atoms with Gasteiger partial charge in [0.15, 0.2) is 6.23 Å². The highest BCUT2D eigenvalue weighted by molar-refractivity contribution is 8.00. The smallest absolute Gasteiger partial charge is 0.387 e. The van der Waals surface area contributed by atoms with Crippen LogP contribution in [0.1, 0.15) is 99.1 Å². The van der Waals surface area contributed by atoms with Gasteiger partial charge >= 0.3 is 33.3 Å². The molecule has 9 atom stereocenters. The number of urea groups is 1. The molecule has 0 spiro atoms. The number of ether oxygens (including phenoxy) is 1. The lowest BCUT2D eigenvalue weighted by Gasteiger charge is -2.19. The number of amides is 3. The maximum atomic E-state index is 12.2. The second-order valence-corrected chi connectivity index (χ2v) is 18.9. The first-order chi connectivity index (χ1) is 29.3. The molecule has 22 nitrogen and oxygen atoms in total. The van der Waals surface area contributed by atoms with Crippen molar-refractivity contribution in [2.24, 2.45) is 0 Å². The van der Waals surface area contributed by atoms with E-state index in [0.717, 1.165) is 29.4 Å². The number of aliphatic hydroxyl groups excluding tert-OH is 2. The van der Waals surface area contributed by atoms with Crippen molar-refractivity contribution in [3.8, 4) is 0 Å². The van der Waals surface area contributed by atoms with E-state index in [1.54, 1.807) is 0 Å². The first-order valence-corrected chi connectivity index (χ1v) is 25.4. The van der Waals surface area contributed by atoms with E-state index >= 15 is 0 Å². The van der Waals surface area contributed by atoms with E-state index in [4.69, 9.17) is 10.5 Å². The van der Waals surface area contributed by atoms with Gasteiger partial charge in [0.05, 0.1) is 18.7 Å². The van der Waals surface area contributed by atoms with Crippen LogP contribution in [0.2, 0.25) is 0 Å². The number of nitrogens with two attached hydrogens (primary N) is 1. The Kier molecular flexibility index (Phi) is 25.3. The van der Waals surface area contributed by atoms with Gasteiger partial charge in [0.1, 0.15) is 24.1 Å². The number of anilines is 1. The van der Waals surface area contributed by atoms with Gasteiger partial charge in [-0.1, -0.05) is 54.4 Å². The fraction of sp³-hybridized carbons (Fsp3) is 0.811. The minimum absolute atomic E-state index is 0.101. The van der Waals surface area contributed by atoms with Crippen LogP contribution in [0, 0.1) is 0 Å². The Hall–Kier alpha value is -2.66. The molecule has 3 aliphatic heterocycles. The van der Waals surface area contributed by atoms with Crippen molar-refractivity contribution in [3.63, 3.8) is 0 Å². The number of unbranched alkanes of at least 4 members (excludes halogenated alkanes) is 3. The topological polar surface area (TPSA) is 307 Å². The molecule has 3 amide bonds. The molecule has 358 valence electrons. The predicted molar refractivity (Wildman–Crippen MR) is 234 cm³/mol. The van der Waals surface area contributed by atoms with Gasteiger partial charge in [-0.15, -0.1) is 0 Å². The molecule has 1 aromatic heterocycles. The van der Waals surface area contributed by atoms with E-state index in [-0.39, 0.29) is 42.7 Å². The molecule has 0 aromatic carbocycles. The van der Waals surface area contributed by atoms with Gasteiger partial charge in [-0.25, -0.2) is 18.7 Å². The average Bonchev–Trinajstić information content (AvgIpc) is 3.86. The van der Waals surface area contributed by atoms with E-state index in [1.165, 1.54) is 45.3 Å². The summed E-state index contributed by atoms with van der Waals surface area (Å²) in [7, 11) is -10.8. The third kappa shape index (κ3) is 19.6. The lowest BCUT2D eigenvalue weighted by Crippen LogP contribution is -2.36. The molecular formula is C37H70N8O14P2S. The van der Waals surface area contributed by atoms with E-state index in [2.05, 4.69) is 85.6 Å². The molecular weight excluding hydrogens is 874 g/mol. The van der Waals surface area contributed by atoms with Crippen molar-refractivity contribution in [3.05, 3.63) is 22.7 Å². The number of rotatable bonds is 24. The Balaban J connectivity index is 0.000000811. The Bertz CT molecular complexity index is 1650. The number of hydrogen-bond acceptors (Lipinski definition) is 17. The van der Waals surface area contributed by atoms with Crippen LogP contribution >= 0.6 is 27.4 Å². The maximum Gasteiger partial charge on any atom is 0.538 e. The Morgan fingerprint density at radius 1 is 0.919 bits per heavy atom. The minimum Gasteiger partial charge on any atom is -0.387 e. The zero-order chi connectivity index (χ0) is 46.5. The number of carbonyl (C=O) groups excluding carboxylic acids is 3. The van der Waals surface area contributed by atoms with Gasteiger partial charge in [0.25, 0.3) is 0 Å². The fourth-order valence-corrected chi connectivity index (χ4v) is 10.3. The number of phosphoric ester groups is 2. The molecule has 0 radical (unpaired) electrons. The normalized spacial score (nSPS) is 24.7. The van der Waals surface area contributed by atoms with Gasteiger partial charge < -0.3 is 55.9 Å². The molecule has 9 unspecified atom stereocenters. The Morgan fingerprint density at radius 2 is 1.53 bits per heavy atom. The van der Waals surface area contributed by atoms with Crippen LogP contribution in [-0.2, 0) is 36.8 Å². The largest absolute Gasteiger partial charge is 0.538 e. The third-order valence-corrected chi connectivity index (χ3v) is 14.5. The lowest BCUT2D eigenvalue weighted by molar-refractivity contribution is -0.135. The molecule has 0 saturated carbocycles. The lowest BCUT2D eigenvalue weighted by atomic mass is 10.0. The van der Waals surface area contributed by atoms with Gasteiger partial charge in [-0.05, 0) is 71.0 Å². The summed E-state index contributed by atoms with van der Waals surface area (Å²) < 4.78 is 43.6. The standard InChI is InChI=1S/C25H40N6O14P2S.2C6H15N/c26-17-9-11-31(25(37)29-17)23-22(35)21(34)15(43-23)12-42-46(38,39)45-47(40,41)44-19(33)8-2-1-5-10-27-18(32)7-4-3-6-16-20-14(13-48-16)28-24(36)30-20;2*1-4-7(5-2)6-3/h9,11,14-16,20-23,34-35H,1-8,10,12-13H2,(H,27,32)(H,38,39)(H,40,41)(H2,26,29,37)(H2,28,30,36);2*4-6H2,1-3H3. The van der Waals surface area contributed by atoms with Gasteiger partial charge in [-0.2, -0.15) is 21.1 Å². The number of carbonyl (C=O) groups is 3. The zero-order valence-corrected chi connectivity index (χ0v) is 39.4. The van der Waals surface area contributed by atoms with Crippen LogP contribution in [0.4, 0.5) is 10.6 Å². The van der Waals surface area contributed by atoms with Crippen molar-refractivity contribution < 1.29 is 61.6 Å². The van der Waals surface area contributed by atoms with Gasteiger partial charge in [0.2, 0.25) is 5.91 Å². The summed E-state index contributed by atoms with van der Waals surface area (Å²) in [6.07, 6.45) is -1.48. The molecule has 25 heteroatoms. The molecule has 9 N–H and O–H groups in total. The average molecular weight is 945 g/mol. The van der Waals surface area contributed by atoms with Gasteiger partial charge in [0, 0.05) is 36.6 Å². The first kappa shape index (κ1) is 55.5. The zero-order valence-electron chi connectivity index (χ0n) is 36.8. The van der Waals surface area contributed by atoms with Gasteiger partial charge in [-0.3, -0.25) is 23.6 Å². The number of nitrogen functional groups attached to an aromatic ring is 1. The highest BCUT2D eigenvalue weighted by atomic mass is 32.2. The van der Waals surface area contributed by atoms with Crippen molar-refractivity contribution in [1.82, 2.24) is 35.3 Å². The molecule has 62 heavy (non-hydrogen) atoms. The second-order valence-electron chi connectivity index (χ2n) is 14.6. The highest BCUT2D eigenvalue weighted by Crippen LogP contribution is 2.60. The van der Waals surface area contributed by atoms with E-state index in [0.29, 0.717) is 37.5 Å². The van der Waals surface area contributed by atoms with Crippen LogP contribution in [0.25, 0.3) is 0 Å². The third-order valence-electron chi connectivity index (χ3n) is 10.4. The highest BCUT2D eigenvalue weighted by Gasteiger charge is 2.46. The monoisotopic (exact) mass is 944 g/mol. The molecule has 0 aliphatic carbocycles. The predicted octanol–water partition coefficient (Wildman–Crippen LogP) is 2.32. The number of thioether (sulfide) groups is 1. The molecule has 4 heterocycles. The number of aliphatic hydroxyl groups is 2. The van der Waals surface area contributed by atoms with Crippen molar-refractivity contribution in [2.45, 2.75) is 135 Å². The first-order valence-electron chi connectivity index (χ1n) is 21.3. The minimum atomic E-state index is -5.42. The van der Waals surface area contributed by atoms with Crippen LogP contribution in [-0.4, -0.2) is 151 Å². The number of phosphoric acid groups is 2. The number of hydrogen-bond donors (Lipinski definition) is 8. The molecule has 3 aliphatic rings. The quantitative estimate of drug-likeness (QED) is 0.0419. The Morgan fingerprint density at radius 3 is 2.11 bits per heavy atom. The molecule has 3 fully saturated rings. The summed E-state index contributed by atoms with van der Waals surface area (Å²) in [5.74, 6) is -0.509. The van der Waals surface area contributed by atoms with Crippen molar-refractivity contribution in [2.75, 3.05) is 63.9 Å². The number of nitrogens with one attached hydrogen (secondary N) is 3. The summed E-state index contributed by atoms with van der Waals surface area (Å²) >= 11 is 1.82. The summed E-state index contributed by atoms with van der Waals surface area (Å²) in [6.45, 7) is 19.7. The van der Waals surface area contributed by atoms with Crippen LogP contribution in [0.3, 0.4) is 0 Å². The summed E-state index contributed by atoms with van der Waals surface area (Å²) in [5, 5.41) is 29.4. The fourth-order valence-electron chi connectivity index (χ4n) is 6.73. The number of aromatic nitrogens is 2. The molecule has 0 bridgehead atoms. The SMILES string of the molecule is CCN(CC)CC.CCN(CC)CC.Nc1ccn(C2OC(COP(=O)(O)OP(=O)(O)OC(=O)CCCCCNC(=O)CCCCC3SCC4NC(=O)NC43)C(O)C2O)c(=O)n1. The van der Waals surface area contributed by atoms with Crippen LogP contribution < -0.4 is 27.4 Å². The summed E-state index contributed by atoms with van der Waals surface area (Å²) in [4.78, 5) is 75.5. The second kappa shape index (κ2) is 28.3. The molecule has 3 saturated heterocycles.